The highest BCUT2D eigenvalue weighted by atomic mass is 16.3. The van der Waals surface area contributed by atoms with Crippen molar-refractivity contribution in [1.29, 1.82) is 0 Å². The van der Waals surface area contributed by atoms with E-state index in [1.165, 1.54) is 24.8 Å². The van der Waals surface area contributed by atoms with E-state index in [0.717, 1.165) is 81.4 Å². The zero-order chi connectivity index (χ0) is 24.2. The summed E-state index contributed by atoms with van der Waals surface area (Å²) in [5.41, 5.74) is 3.06. The first-order chi connectivity index (χ1) is 17.0. The Kier molecular flexibility index (Phi) is 7.80. The lowest BCUT2D eigenvalue weighted by atomic mass is 9.93. The molecule has 1 aliphatic heterocycles. The fourth-order valence-corrected chi connectivity index (χ4v) is 5.24. The third kappa shape index (κ3) is 6.90. The smallest absolute Gasteiger partial charge is 0.224 e. The number of aliphatic hydroxyl groups excluding tert-OH is 1. The van der Waals surface area contributed by atoms with Crippen LogP contribution in [0.25, 0.3) is 11.3 Å². The van der Waals surface area contributed by atoms with Crippen molar-refractivity contribution in [3.05, 3.63) is 30.1 Å². The van der Waals surface area contributed by atoms with Crippen molar-refractivity contribution in [3.63, 3.8) is 0 Å². The highest BCUT2D eigenvalue weighted by Crippen LogP contribution is 2.34. The number of nitrogens with zero attached hydrogens (tertiary/aromatic N) is 5. The van der Waals surface area contributed by atoms with Gasteiger partial charge in [0, 0.05) is 57.2 Å². The van der Waals surface area contributed by atoms with E-state index in [9.17, 15) is 5.11 Å². The summed E-state index contributed by atoms with van der Waals surface area (Å²) >= 11 is 0. The van der Waals surface area contributed by atoms with Crippen molar-refractivity contribution in [2.45, 2.75) is 76.6 Å². The number of anilines is 2. The van der Waals surface area contributed by atoms with Crippen LogP contribution in [0.3, 0.4) is 0 Å². The second kappa shape index (κ2) is 11.2. The van der Waals surface area contributed by atoms with Crippen molar-refractivity contribution < 1.29 is 5.11 Å². The van der Waals surface area contributed by atoms with Gasteiger partial charge in [0.1, 0.15) is 5.82 Å². The van der Waals surface area contributed by atoms with Crippen LogP contribution in [0.1, 0.15) is 57.4 Å². The molecule has 3 heterocycles. The standard InChI is InChI=1S/C27H41N7O/c1-19(15-20-3-4-20)30-27-29-17-24(26(32-27)31-22-6-8-23(35)9-7-22)25-10-5-21(16-28-25)18-34-13-11-33(2)12-14-34/h5,10,16-17,19-20,22-23,35H,3-4,6-9,11-15,18H2,1-2H3,(H2,29,30,31,32)/t19-,22-,23-/m0/s1. The number of aromatic nitrogens is 3. The average Bonchev–Trinajstić information content (AvgIpc) is 3.67. The minimum Gasteiger partial charge on any atom is -0.393 e. The normalized spacial score (nSPS) is 24.8. The van der Waals surface area contributed by atoms with Crippen molar-refractivity contribution in [2.75, 3.05) is 43.9 Å². The van der Waals surface area contributed by atoms with E-state index in [0.29, 0.717) is 18.0 Å². The van der Waals surface area contributed by atoms with Gasteiger partial charge in [-0.25, -0.2) is 4.98 Å². The maximum atomic E-state index is 9.92. The Bertz CT molecular complexity index is 949. The summed E-state index contributed by atoms with van der Waals surface area (Å²) in [5.74, 6) is 2.37. The van der Waals surface area contributed by atoms with Gasteiger partial charge < -0.3 is 20.6 Å². The minimum absolute atomic E-state index is 0.173. The topological polar surface area (TPSA) is 89.4 Å². The summed E-state index contributed by atoms with van der Waals surface area (Å²) < 4.78 is 0. The van der Waals surface area contributed by atoms with Gasteiger partial charge in [0.15, 0.2) is 0 Å². The largest absolute Gasteiger partial charge is 0.393 e. The van der Waals surface area contributed by atoms with E-state index in [-0.39, 0.29) is 6.10 Å². The molecule has 190 valence electrons. The van der Waals surface area contributed by atoms with Crippen LogP contribution in [0.5, 0.6) is 0 Å². The first kappa shape index (κ1) is 24.4. The lowest BCUT2D eigenvalue weighted by Gasteiger charge is -2.32. The molecular weight excluding hydrogens is 438 g/mol. The third-order valence-corrected chi connectivity index (χ3v) is 7.69. The Morgan fingerprint density at radius 3 is 2.46 bits per heavy atom. The van der Waals surface area contributed by atoms with Gasteiger partial charge in [0.05, 0.1) is 17.4 Å². The first-order valence-electron chi connectivity index (χ1n) is 13.5. The molecule has 3 N–H and O–H groups in total. The Balaban J connectivity index is 1.31. The second-order valence-electron chi connectivity index (χ2n) is 11.0. The number of hydrogen-bond donors (Lipinski definition) is 3. The second-order valence-corrected chi connectivity index (χ2v) is 11.0. The fraction of sp³-hybridized carbons (Fsp3) is 0.667. The Morgan fingerprint density at radius 2 is 1.77 bits per heavy atom. The molecule has 1 saturated heterocycles. The number of likely N-dealkylation sites (N-methyl/N-ethyl adjacent to an activating group) is 1. The molecule has 8 nitrogen and oxygen atoms in total. The van der Waals surface area contributed by atoms with Crippen LogP contribution in [0, 0.1) is 5.92 Å². The molecular formula is C27H41N7O. The number of aliphatic hydroxyl groups is 1. The summed E-state index contributed by atoms with van der Waals surface area (Å²) in [6.45, 7) is 7.60. The Labute approximate surface area is 209 Å². The molecule has 3 fully saturated rings. The maximum Gasteiger partial charge on any atom is 0.224 e. The molecule has 2 aromatic heterocycles. The predicted octanol–water partition coefficient (Wildman–Crippen LogP) is 3.60. The van der Waals surface area contributed by atoms with E-state index in [4.69, 9.17) is 9.97 Å². The SMILES string of the molecule is C[C@@H](CC1CC1)Nc1ncc(-c2ccc(CN3CCN(C)CC3)cn2)c(N[C@H]2CC[C@H](O)CC2)n1. The predicted molar refractivity (Wildman–Crippen MR) is 140 cm³/mol. The monoisotopic (exact) mass is 479 g/mol. The first-order valence-corrected chi connectivity index (χ1v) is 13.5. The van der Waals surface area contributed by atoms with Gasteiger partial charge in [-0.1, -0.05) is 18.9 Å². The van der Waals surface area contributed by atoms with Gasteiger partial charge in [0.25, 0.3) is 0 Å². The average molecular weight is 480 g/mol. The van der Waals surface area contributed by atoms with E-state index in [1.54, 1.807) is 0 Å². The van der Waals surface area contributed by atoms with Crippen molar-refractivity contribution in [1.82, 2.24) is 24.8 Å². The van der Waals surface area contributed by atoms with Crippen LogP contribution in [-0.2, 0) is 6.54 Å². The van der Waals surface area contributed by atoms with E-state index in [1.807, 2.05) is 12.4 Å². The van der Waals surface area contributed by atoms with E-state index >= 15 is 0 Å². The molecule has 35 heavy (non-hydrogen) atoms. The molecule has 0 aromatic carbocycles. The van der Waals surface area contributed by atoms with Crippen molar-refractivity contribution in [3.8, 4) is 11.3 Å². The molecule has 0 amide bonds. The Morgan fingerprint density at radius 1 is 1.00 bits per heavy atom. The van der Waals surface area contributed by atoms with Gasteiger partial charge in [-0.05, 0) is 63.6 Å². The van der Waals surface area contributed by atoms with Gasteiger partial charge in [-0.3, -0.25) is 9.88 Å². The lowest BCUT2D eigenvalue weighted by Crippen LogP contribution is -2.43. The molecule has 0 radical (unpaired) electrons. The van der Waals surface area contributed by atoms with Crippen molar-refractivity contribution >= 4 is 11.8 Å². The summed E-state index contributed by atoms with van der Waals surface area (Å²) in [4.78, 5) is 19.2. The molecule has 2 aromatic rings. The fourth-order valence-electron chi connectivity index (χ4n) is 5.24. The highest BCUT2D eigenvalue weighted by molar-refractivity contribution is 5.73. The van der Waals surface area contributed by atoms with Crippen LogP contribution >= 0.6 is 0 Å². The Hall–Kier alpha value is -2.29. The lowest BCUT2D eigenvalue weighted by molar-refractivity contribution is 0.126. The van der Waals surface area contributed by atoms with E-state index < -0.39 is 0 Å². The molecule has 0 bridgehead atoms. The number of hydrogen-bond acceptors (Lipinski definition) is 8. The molecule has 2 aliphatic carbocycles. The molecule has 2 saturated carbocycles. The van der Waals surface area contributed by atoms with Crippen LogP contribution in [0.15, 0.2) is 24.5 Å². The summed E-state index contributed by atoms with van der Waals surface area (Å²) in [5, 5.41) is 17.1. The highest BCUT2D eigenvalue weighted by Gasteiger charge is 2.25. The molecule has 5 rings (SSSR count). The molecule has 3 aliphatic rings. The number of pyridine rings is 1. The number of piperazine rings is 1. The molecule has 1 atom stereocenters. The number of nitrogens with one attached hydrogen (secondary N) is 2. The molecule has 0 unspecified atom stereocenters. The zero-order valence-electron chi connectivity index (χ0n) is 21.3. The molecule has 0 spiro atoms. The third-order valence-electron chi connectivity index (χ3n) is 7.69. The van der Waals surface area contributed by atoms with Gasteiger partial charge in [-0.2, -0.15) is 4.98 Å². The summed E-state index contributed by atoms with van der Waals surface area (Å²) in [6.07, 6.45) is 11.2. The molecule has 8 heteroatoms. The van der Waals surface area contributed by atoms with Gasteiger partial charge >= 0.3 is 0 Å². The van der Waals surface area contributed by atoms with Crippen LogP contribution < -0.4 is 10.6 Å². The maximum absolute atomic E-state index is 9.92. The minimum atomic E-state index is -0.173. The van der Waals surface area contributed by atoms with Crippen LogP contribution in [0.2, 0.25) is 0 Å². The summed E-state index contributed by atoms with van der Waals surface area (Å²) in [6, 6.07) is 4.95. The van der Waals surface area contributed by atoms with Gasteiger partial charge in [0.2, 0.25) is 5.95 Å². The summed E-state index contributed by atoms with van der Waals surface area (Å²) in [7, 11) is 2.19. The van der Waals surface area contributed by atoms with Crippen molar-refractivity contribution in [2.24, 2.45) is 5.92 Å². The van der Waals surface area contributed by atoms with E-state index in [2.05, 4.69) is 51.5 Å². The quantitative estimate of drug-likeness (QED) is 0.503. The van der Waals surface area contributed by atoms with Crippen LogP contribution in [-0.4, -0.2) is 81.3 Å². The number of rotatable bonds is 9. The van der Waals surface area contributed by atoms with Gasteiger partial charge in [-0.15, -0.1) is 0 Å². The van der Waals surface area contributed by atoms with Crippen LogP contribution in [0.4, 0.5) is 11.8 Å². The zero-order valence-corrected chi connectivity index (χ0v) is 21.3.